The minimum Gasteiger partial charge on any atom is -0.494 e. The number of hydrogen-bond acceptors (Lipinski definition) is 3. The van der Waals surface area contributed by atoms with Crippen LogP contribution < -0.4 is 10.1 Å². The van der Waals surface area contributed by atoms with Crippen molar-refractivity contribution in [2.45, 2.75) is 19.9 Å². The summed E-state index contributed by atoms with van der Waals surface area (Å²) in [5.41, 5.74) is 2.61. The van der Waals surface area contributed by atoms with Crippen LogP contribution in [0.2, 0.25) is 0 Å². The van der Waals surface area contributed by atoms with Gasteiger partial charge in [0.25, 0.3) is 0 Å². The van der Waals surface area contributed by atoms with E-state index in [-0.39, 0.29) is 6.04 Å². The number of ether oxygens (including phenoxy) is 1. The van der Waals surface area contributed by atoms with Gasteiger partial charge in [-0.05, 0) is 49.7 Å². The van der Waals surface area contributed by atoms with Crippen LogP contribution in [0, 0.1) is 11.3 Å². The minimum atomic E-state index is 0.106. The van der Waals surface area contributed by atoms with Gasteiger partial charge < -0.3 is 10.1 Å². The topological polar surface area (TPSA) is 45.0 Å². The molecule has 1 unspecified atom stereocenters. The van der Waals surface area contributed by atoms with Crippen molar-refractivity contribution in [1.29, 1.82) is 5.26 Å². The van der Waals surface area contributed by atoms with Gasteiger partial charge in [0.1, 0.15) is 11.8 Å². The van der Waals surface area contributed by atoms with Crippen LogP contribution in [0.4, 0.5) is 5.69 Å². The third kappa shape index (κ3) is 3.99. The van der Waals surface area contributed by atoms with Gasteiger partial charge in [-0.15, -0.1) is 0 Å². The maximum atomic E-state index is 9.19. The molecule has 2 rings (SSSR count). The molecule has 0 amide bonds. The Labute approximate surface area is 133 Å². The second kappa shape index (κ2) is 7.14. The Morgan fingerprint density at radius 1 is 1.24 bits per heavy atom. The van der Waals surface area contributed by atoms with Gasteiger partial charge in [0.15, 0.2) is 0 Å². The lowest BCUT2D eigenvalue weighted by Crippen LogP contribution is -2.07. The average Bonchev–Trinajstić information content (AvgIpc) is 2.50. The third-order valence-electron chi connectivity index (χ3n) is 3.17. The van der Waals surface area contributed by atoms with E-state index in [1.54, 1.807) is 0 Å². The van der Waals surface area contributed by atoms with Gasteiger partial charge in [-0.1, -0.05) is 28.1 Å². The summed E-state index contributed by atoms with van der Waals surface area (Å²) >= 11 is 3.38. The predicted octanol–water partition coefficient (Wildman–Crippen LogP) is 4.89. The molecular formula is C17H17BrN2O. The molecule has 108 valence electrons. The van der Waals surface area contributed by atoms with Crippen molar-refractivity contribution in [2.24, 2.45) is 0 Å². The number of benzene rings is 2. The zero-order valence-electron chi connectivity index (χ0n) is 12.1. The molecule has 21 heavy (non-hydrogen) atoms. The number of rotatable bonds is 5. The van der Waals surface area contributed by atoms with Gasteiger partial charge in [-0.25, -0.2) is 0 Å². The quantitative estimate of drug-likeness (QED) is 0.839. The summed E-state index contributed by atoms with van der Waals surface area (Å²) in [6.07, 6.45) is 0. The first-order valence-electron chi connectivity index (χ1n) is 6.83. The van der Waals surface area contributed by atoms with Gasteiger partial charge in [0.05, 0.1) is 17.9 Å². The smallest absolute Gasteiger partial charge is 0.119 e. The van der Waals surface area contributed by atoms with Crippen molar-refractivity contribution < 1.29 is 4.74 Å². The molecule has 0 aromatic heterocycles. The normalized spacial score (nSPS) is 11.5. The first-order valence-corrected chi connectivity index (χ1v) is 7.62. The number of nitrogens with zero attached hydrogens (tertiary/aromatic N) is 1. The maximum absolute atomic E-state index is 9.19. The van der Waals surface area contributed by atoms with Crippen LogP contribution in [0.25, 0.3) is 0 Å². The highest BCUT2D eigenvalue weighted by atomic mass is 79.9. The molecule has 2 aromatic rings. The summed E-state index contributed by atoms with van der Waals surface area (Å²) in [4.78, 5) is 0. The molecule has 0 spiro atoms. The van der Waals surface area contributed by atoms with Crippen LogP contribution in [0.5, 0.6) is 5.75 Å². The first-order chi connectivity index (χ1) is 10.1. The SMILES string of the molecule is CCOc1ccc(C(C)Nc2ccc(Br)cc2C#N)cc1. The molecule has 0 aliphatic rings. The van der Waals surface area contributed by atoms with Gasteiger partial charge in [-0.3, -0.25) is 0 Å². The van der Waals surface area contributed by atoms with E-state index in [1.807, 2.05) is 49.4 Å². The number of halogens is 1. The Balaban J connectivity index is 2.14. The third-order valence-corrected chi connectivity index (χ3v) is 3.66. The van der Waals surface area contributed by atoms with Crippen molar-refractivity contribution in [2.75, 3.05) is 11.9 Å². The number of hydrogen-bond donors (Lipinski definition) is 1. The molecule has 0 aliphatic heterocycles. The predicted molar refractivity (Wildman–Crippen MR) is 88.5 cm³/mol. The van der Waals surface area contributed by atoms with Gasteiger partial charge in [0.2, 0.25) is 0 Å². The Bertz CT molecular complexity index is 647. The van der Waals surface area contributed by atoms with Crippen molar-refractivity contribution >= 4 is 21.6 Å². The summed E-state index contributed by atoms with van der Waals surface area (Å²) < 4.78 is 6.34. The molecule has 3 nitrogen and oxygen atoms in total. The van der Waals surface area contributed by atoms with Crippen LogP contribution in [0.3, 0.4) is 0 Å². The van der Waals surface area contributed by atoms with E-state index in [1.165, 1.54) is 0 Å². The van der Waals surface area contributed by atoms with Crippen LogP contribution in [-0.4, -0.2) is 6.61 Å². The molecule has 0 fully saturated rings. The zero-order valence-corrected chi connectivity index (χ0v) is 13.6. The molecule has 2 aromatic carbocycles. The molecule has 1 atom stereocenters. The lowest BCUT2D eigenvalue weighted by atomic mass is 10.1. The number of nitrogens with one attached hydrogen (secondary N) is 1. The highest BCUT2D eigenvalue weighted by Crippen LogP contribution is 2.25. The van der Waals surface area contributed by atoms with Crippen LogP contribution >= 0.6 is 15.9 Å². The summed E-state index contributed by atoms with van der Waals surface area (Å²) in [5.74, 6) is 0.870. The van der Waals surface area contributed by atoms with E-state index >= 15 is 0 Å². The molecule has 1 N–H and O–H groups in total. The highest BCUT2D eigenvalue weighted by Gasteiger charge is 2.09. The molecule has 4 heteroatoms. The molecular weight excluding hydrogens is 328 g/mol. The Hall–Kier alpha value is -1.99. The van der Waals surface area contributed by atoms with Crippen molar-refractivity contribution in [3.63, 3.8) is 0 Å². The van der Waals surface area contributed by atoms with Crippen molar-refractivity contribution in [1.82, 2.24) is 0 Å². The number of nitriles is 1. The summed E-state index contributed by atoms with van der Waals surface area (Å²) in [6, 6.07) is 16.0. The molecule has 0 radical (unpaired) electrons. The van der Waals surface area contributed by atoms with E-state index in [9.17, 15) is 5.26 Å². The lowest BCUT2D eigenvalue weighted by molar-refractivity contribution is 0.340. The zero-order chi connectivity index (χ0) is 15.2. The fourth-order valence-corrected chi connectivity index (χ4v) is 2.43. The number of anilines is 1. The summed E-state index contributed by atoms with van der Waals surface area (Å²) in [7, 11) is 0. The molecule has 0 aliphatic carbocycles. The Morgan fingerprint density at radius 3 is 2.57 bits per heavy atom. The van der Waals surface area contributed by atoms with E-state index in [4.69, 9.17) is 4.74 Å². The van der Waals surface area contributed by atoms with Crippen molar-refractivity contribution in [3.05, 3.63) is 58.1 Å². The largest absolute Gasteiger partial charge is 0.494 e. The Morgan fingerprint density at radius 2 is 1.95 bits per heavy atom. The fourth-order valence-electron chi connectivity index (χ4n) is 2.07. The molecule has 0 heterocycles. The second-order valence-corrected chi connectivity index (χ2v) is 5.59. The Kier molecular flexibility index (Phi) is 5.24. The van der Waals surface area contributed by atoms with E-state index in [2.05, 4.69) is 34.2 Å². The van der Waals surface area contributed by atoms with Crippen molar-refractivity contribution in [3.8, 4) is 11.8 Å². The van der Waals surface area contributed by atoms with Gasteiger partial charge in [0, 0.05) is 10.5 Å². The average molecular weight is 345 g/mol. The van der Waals surface area contributed by atoms with E-state index in [0.717, 1.165) is 21.5 Å². The second-order valence-electron chi connectivity index (χ2n) is 4.67. The first kappa shape index (κ1) is 15.4. The van der Waals surface area contributed by atoms with E-state index in [0.29, 0.717) is 12.2 Å². The molecule has 0 bridgehead atoms. The monoisotopic (exact) mass is 344 g/mol. The van der Waals surface area contributed by atoms with Gasteiger partial charge >= 0.3 is 0 Å². The lowest BCUT2D eigenvalue weighted by Gasteiger charge is -2.17. The fraction of sp³-hybridized carbons (Fsp3) is 0.235. The van der Waals surface area contributed by atoms with Crippen LogP contribution in [0.15, 0.2) is 46.9 Å². The summed E-state index contributed by atoms with van der Waals surface area (Å²) in [5, 5.41) is 12.6. The standard InChI is InChI=1S/C17H17BrN2O/c1-3-21-16-7-4-13(5-8-16)12(2)20-17-9-6-15(18)10-14(17)11-19/h4-10,12,20H,3H2,1-2H3. The molecule has 0 saturated carbocycles. The molecule has 0 saturated heterocycles. The highest BCUT2D eigenvalue weighted by molar-refractivity contribution is 9.10. The minimum absolute atomic E-state index is 0.106. The van der Waals surface area contributed by atoms with Crippen LogP contribution in [-0.2, 0) is 0 Å². The van der Waals surface area contributed by atoms with Crippen LogP contribution in [0.1, 0.15) is 31.0 Å². The maximum Gasteiger partial charge on any atom is 0.119 e. The summed E-state index contributed by atoms with van der Waals surface area (Å²) in [6.45, 7) is 4.70. The van der Waals surface area contributed by atoms with E-state index < -0.39 is 0 Å². The van der Waals surface area contributed by atoms with Gasteiger partial charge in [-0.2, -0.15) is 5.26 Å².